The van der Waals surface area contributed by atoms with Crippen LogP contribution in [0.25, 0.3) is 0 Å². The summed E-state index contributed by atoms with van der Waals surface area (Å²) in [4.78, 5) is 14.7. The summed E-state index contributed by atoms with van der Waals surface area (Å²) in [6.07, 6.45) is 0. The average Bonchev–Trinajstić information content (AvgIpc) is 2.81. The Morgan fingerprint density at radius 3 is 1.86 bits per heavy atom. The lowest BCUT2D eigenvalue weighted by atomic mass is 9.82. The zero-order valence-corrected chi connectivity index (χ0v) is 21.6. The van der Waals surface area contributed by atoms with Crippen molar-refractivity contribution in [1.82, 2.24) is 0 Å². The SMILES string of the molecule is CC(=O)C(C)C.CC1=Nc2ccc(Br)cc2C1(C)C.Cc1ccc(Br)cc1.Cl. The van der Waals surface area contributed by atoms with Crippen LogP contribution in [0.3, 0.4) is 0 Å². The molecule has 0 N–H and O–H groups in total. The van der Waals surface area contributed by atoms with Gasteiger partial charge in [0.1, 0.15) is 5.78 Å². The average molecular weight is 532 g/mol. The van der Waals surface area contributed by atoms with Crippen molar-refractivity contribution in [2.24, 2.45) is 10.9 Å². The summed E-state index contributed by atoms with van der Waals surface area (Å²) in [6, 6.07) is 14.5. The van der Waals surface area contributed by atoms with Crippen molar-refractivity contribution in [2.75, 3.05) is 0 Å². The number of hydrogen-bond donors (Lipinski definition) is 0. The molecule has 0 radical (unpaired) electrons. The standard InChI is InChI=1S/C11H12BrN.C7H7Br.C5H10O.ClH/c1-7-11(2,3)9-6-8(12)4-5-10(9)13-7;1-6-2-4-7(8)5-3-6;1-4(2)5(3)6;/h4-6H,1-3H3;2-5H,1H3;4H,1-3H3;1H. The van der Waals surface area contributed by atoms with E-state index in [1.165, 1.54) is 16.8 Å². The van der Waals surface area contributed by atoms with Crippen molar-refractivity contribution in [3.05, 3.63) is 62.5 Å². The lowest BCUT2D eigenvalue weighted by Crippen LogP contribution is -2.22. The molecule has 0 saturated carbocycles. The maximum atomic E-state index is 10.1. The largest absolute Gasteiger partial charge is 0.300 e. The second kappa shape index (κ2) is 11.9. The highest BCUT2D eigenvalue weighted by Crippen LogP contribution is 2.40. The first-order valence-corrected chi connectivity index (χ1v) is 10.6. The summed E-state index contributed by atoms with van der Waals surface area (Å²) in [5, 5.41) is 0. The number of benzene rings is 2. The predicted octanol–water partition coefficient (Wildman–Crippen LogP) is 8.24. The molecule has 5 heteroatoms. The van der Waals surface area contributed by atoms with Crippen LogP contribution in [0.5, 0.6) is 0 Å². The van der Waals surface area contributed by atoms with Crippen LogP contribution in [0.1, 0.15) is 52.7 Å². The molecule has 2 nitrogen and oxygen atoms in total. The van der Waals surface area contributed by atoms with E-state index in [2.05, 4.69) is 88.8 Å². The second-order valence-electron chi connectivity index (χ2n) is 7.54. The van der Waals surface area contributed by atoms with E-state index >= 15 is 0 Å². The molecule has 1 heterocycles. The summed E-state index contributed by atoms with van der Waals surface area (Å²) in [7, 11) is 0. The van der Waals surface area contributed by atoms with Gasteiger partial charge in [0.15, 0.2) is 0 Å². The molecule has 0 aromatic heterocycles. The van der Waals surface area contributed by atoms with Gasteiger partial charge in [-0.05, 0) is 56.7 Å². The van der Waals surface area contributed by atoms with Crippen molar-refractivity contribution < 1.29 is 4.79 Å². The van der Waals surface area contributed by atoms with Gasteiger partial charge < -0.3 is 0 Å². The van der Waals surface area contributed by atoms with E-state index < -0.39 is 0 Å². The van der Waals surface area contributed by atoms with E-state index in [0.29, 0.717) is 0 Å². The Morgan fingerprint density at radius 2 is 1.43 bits per heavy atom. The summed E-state index contributed by atoms with van der Waals surface area (Å²) < 4.78 is 2.27. The van der Waals surface area contributed by atoms with Crippen molar-refractivity contribution >= 4 is 61.4 Å². The molecular weight excluding hydrogens is 502 g/mol. The van der Waals surface area contributed by atoms with Crippen LogP contribution in [0.15, 0.2) is 56.4 Å². The first-order chi connectivity index (χ1) is 12.4. The molecule has 1 aliphatic heterocycles. The lowest BCUT2D eigenvalue weighted by molar-refractivity contribution is -0.119. The third-order valence-electron chi connectivity index (χ3n) is 4.65. The first-order valence-electron chi connectivity index (χ1n) is 9.03. The molecule has 2 aromatic carbocycles. The third-order valence-corrected chi connectivity index (χ3v) is 5.67. The molecule has 154 valence electrons. The monoisotopic (exact) mass is 529 g/mol. The summed E-state index contributed by atoms with van der Waals surface area (Å²) in [5.74, 6) is 0.472. The number of carbonyl (C=O) groups is 1. The van der Waals surface area contributed by atoms with E-state index in [0.717, 1.165) is 14.6 Å². The molecule has 0 amide bonds. The fourth-order valence-electron chi connectivity index (χ4n) is 2.15. The van der Waals surface area contributed by atoms with Gasteiger partial charge in [-0.25, -0.2) is 0 Å². The number of aryl methyl sites for hydroxylation is 1. The van der Waals surface area contributed by atoms with Gasteiger partial charge in [-0.15, -0.1) is 12.4 Å². The van der Waals surface area contributed by atoms with E-state index in [-0.39, 0.29) is 29.5 Å². The maximum absolute atomic E-state index is 10.1. The number of hydrogen-bond acceptors (Lipinski definition) is 2. The number of Topliss-reactive ketones (excluding diaryl/α,β-unsaturated/α-hetero) is 1. The van der Waals surface area contributed by atoms with E-state index in [9.17, 15) is 4.79 Å². The molecule has 0 spiro atoms. The highest BCUT2D eigenvalue weighted by Gasteiger charge is 2.31. The van der Waals surface area contributed by atoms with Crippen LogP contribution in [-0.2, 0) is 10.2 Å². The van der Waals surface area contributed by atoms with E-state index in [1.807, 2.05) is 32.0 Å². The number of ketones is 1. The van der Waals surface area contributed by atoms with Gasteiger partial charge in [-0.2, -0.15) is 0 Å². The smallest absolute Gasteiger partial charge is 0.132 e. The number of rotatable bonds is 1. The van der Waals surface area contributed by atoms with Gasteiger partial charge >= 0.3 is 0 Å². The zero-order valence-electron chi connectivity index (χ0n) is 17.6. The number of aliphatic imine (C=N–C) groups is 1. The van der Waals surface area contributed by atoms with Crippen molar-refractivity contribution in [2.45, 2.75) is 53.9 Å². The summed E-state index contributed by atoms with van der Waals surface area (Å²) in [6.45, 7) is 14.0. The number of halogens is 3. The van der Waals surface area contributed by atoms with Crippen molar-refractivity contribution in [3.63, 3.8) is 0 Å². The highest BCUT2D eigenvalue weighted by molar-refractivity contribution is 9.10. The molecule has 0 atom stereocenters. The third kappa shape index (κ3) is 8.18. The number of fused-ring (bicyclic) bond motifs is 1. The Morgan fingerprint density at radius 1 is 0.964 bits per heavy atom. The van der Waals surface area contributed by atoms with Crippen molar-refractivity contribution in [1.29, 1.82) is 0 Å². The van der Waals surface area contributed by atoms with Gasteiger partial charge in [0, 0.05) is 26.0 Å². The fourth-order valence-corrected chi connectivity index (χ4v) is 2.78. The Labute approximate surface area is 192 Å². The molecule has 1 aliphatic rings. The van der Waals surface area contributed by atoms with Crippen LogP contribution in [0, 0.1) is 12.8 Å². The number of carbonyl (C=O) groups excluding carboxylic acids is 1. The molecule has 0 unspecified atom stereocenters. The minimum absolute atomic E-state index is 0. The maximum Gasteiger partial charge on any atom is 0.132 e. The molecular formula is C23H30Br2ClNO. The number of nitrogens with zero attached hydrogens (tertiary/aromatic N) is 1. The van der Waals surface area contributed by atoms with Crippen LogP contribution in [0.4, 0.5) is 5.69 Å². The zero-order chi connectivity index (χ0) is 20.8. The van der Waals surface area contributed by atoms with Gasteiger partial charge in [0.05, 0.1) is 5.69 Å². The lowest BCUT2D eigenvalue weighted by Gasteiger charge is -2.19. The second-order valence-corrected chi connectivity index (χ2v) is 9.38. The Bertz CT molecular complexity index is 791. The van der Waals surface area contributed by atoms with E-state index in [4.69, 9.17) is 0 Å². The van der Waals surface area contributed by atoms with Gasteiger partial charge in [-0.3, -0.25) is 9.79 Å². The molecule has 0 saturated heterocycles. The van der Waals surface area contributed by atoms with Crippen LogP contribution < -0.4 is 0 Å². The molecule has 0 aliphatic carbocycles. The van der Waals surface area contributed by atoms with Gasteiger partial charge in [0.25, 0.3) is 0 Å². The summed E-state index contributed by atoms with van der Waals surface area (Å²) in [5.41, 5.74) is 5.03. The molecule has 0 fully saturated rings. The molecule has 28 heavy (non-hydrogen) atoms. The topological polar surface area (TPSA) is 29.4 Å². The van der Waals surface area contributed by atoms with Crippen LogP contribution in [0.2, 0.25) is 0 Å². The molecule has 0 bridgehead atoms. The quantitative estimate of drug-likeness (QED) is 0.364. The Kier molecular flexibility index (Phi) is 11.5. The first kappa shape index (κ1) is 27.0. The minimum Gasteiger partial charge on any atom is -0.300 e. The van der Waals surface area contributed by atoms with Gasteiger partial charge in [0.2, 0.25) is 0 Å². The predicted molar refractivity (Wildman–Crippen MR) is 132 cm³/mol. The highest BCUT2D eigenvalue weighted by atomic mass is 79.9. The molecule has 3 rings (SSSR count). The summed E-state index contributed by atoms with van der Waals surface area (Å²) >= 11 is 6.83. The Balaban J connectivity index is 0.000000421. The fraction of sp³-hybridized carbons (Fsp3) is 0.391. The van der Waals surface area contributed by atoms with Crippen LogP contribution in [-0.4, -0.2) is 11.5 Å². The van der Waals surface area contributed by atoms with Gasteiger partial charge in [-0.1, -0.05) is 77.3 Å². The van der Waals surface area contributed by atoms with E-state index in [1.54, 1.807) is 6.92 Å². The normalized spacial score (nSPS) is 13.1. The van der Waals surface area contributed by atoms with Crippen molar-refractivity contribution in [3.8, 4) is 0 Å². The minimum atomic E-state index is 0. The molecule has 2 aromatic rings. The Hall–Kier alpha value is -0.970. The van der Waals surface area contributed by atoms with Crippen LogP contribution >= 0.6 is 44.3 Å².